The van der Waals surface area contributed by atoms with E-state index in [0.29, 0.717) is 31.2 Å². The van der Waals surface area contributed by atoms with Gasteiger partial charge in [0, 0.05) is 26.2 Å². The molecule has 0 spiro atoms. The second kappa shape index (κ2) is 10.1. The Morgan fingerprint density at radius 2 is 1.38 bits per heavy atom. The van der Waals surface area contributed by atoms with Gasteiger partial charge in [-0.2, -0.15) is 5.06 Å². The zero-order valence-corrected chi connectivity index (χ0v) is 19.3. The van der Waals surface area contributed by atoms with Crippen LogP contribution >= 0.6 is 0 Å². The van der Waals surface area contributed by atoms with Crippen LogP contribution in [0.4, 0.5) is 4.79 Å². The minimum absolute atomic E-state index is 0.100. The lowest BCUT2D eigenvalue weighted by Gasteiger charge is -2.41. The molecule has 1 atom stereocenters. The summed E-state index contributed by atoms with van der Waals surface area (Å²) in [5, 5.41) is 10.6. The first-order chi connectivity index (χ1) is 15.2. The number of nitrogens with zero attached hydrogens (tertiary/aromatic N) is 3. The SMILES string of the molecule is C[C@@H](C(=O)N1CCN(C(c2ccccc2)c2ccccc2)CC1)N(O)C(=O)OC(C)(C)C. The Hall–Kier alpha value is -2.90. The number of piperazine rings is 1. The minimum atomic E-state index is -1.02. The monoisotopic (exact) mass is 439 g/mol. The summed E-state index contributed by atoms with van der Waals surface area (Å²) in [6, 6.07) is 19.8. The maximum atomic E-state index is 12.9. The highest BCUT2D eigenvalue weighted by Crippen LogP contribution is 2.29. The van der Waals surface area contributed by atoms with Crippen LogP contribution in [0.1, 0.15) is 44.9 Å². The third-order valence-corrected chi connectivity index (χ3v) is 5.53. The van der Waals surface area contributed by atoms with Crippen LogP contribution in [0.5, 0.6) is 0 Å². The van der Waals surface area contributed by atoms with E-state index in [-0.39, 0.29) is 11.9 Å². The average molecular weight is 440 g/mol. The summed E-state index contributed by atoms with van der Waals surface area (Å²) in [7, 11) is 0. The molecule has 7 heteroatoms. The Balaban J connectivity index is 1.66. The van der Waals surface area contributed by atoms with Crippen LogP contribution in [0.15, 0.2) is 60.7 Å². The topological polar surface area (TPSA) is 73.3 Å². The molecule has 2 aromatic rings. The van der Waals surface area contributed by atoms with Gasteiger partial charge in [-0.15, -0.1) is 0 Å². The molecule has 0 aromatic heterocycles. The van der Waals surface area contributed by atoms with Gasteiger partial charge in [-0.25, -0.2) is 4.79 Å². The number of carbonyl (C=O) groups excluding carboxylic acids is 2. The molecule has 1 fully saturated rings. The van der Waals surface area contributed by atoms with E-state index in [9.17, 15) is 14.8 Å². The molecule has 1 aliphatic rings. The van der Waals surface area contributed by atoms with Crippen molar-refractivity contribution in [3.8, 4) is 0 Å². The van der Waals surface area contributed by atoms with Crippen molar-refractivity contribution in [2.45, 2.75) is 45.4 Å². The standard InChI is InChI=1S/C25H33N3O4/c1-19(28(31)24(30)32-25(2,3)4)23(29)27-17-15-26(16-18-27)22(20-11-7-5-8-12-20)21-13-9-6-10-14-21/h5-14,19,22,31H,15-18H2,1-4H3/t19-/m0/s1. The fourth-order valence-electron chi connectivity index (χ4n) is 3.92. The first kappa shape index (κ1) is 23.8. The summed E-state index contributed by atoms with van der Waals surface area (Å²) in [5.74, 6) is -0.297. The molecule has 0 saturated carbocycles. The Kier molecular flexibility index (Phi) is 7.53. The van der Waals surface area contributed by atoms with Gasteiger partial charge in [-0.3, -0.25) is 14.9 Å². The summed E-state index contributed by atoms with van der Waals surface area (Å²) >= 11 is 0. The van der Waals surface area contributed by atoms with Crippen molar-refractivity contribution >= 4 is 12.0 Å². The van der Waals surface area contributed by atoms with E-state index in [2.05, 4.69) is 29.2 Å². The fourth-order valence-corrected chi connectivity index (χ4v) is 3.92. The zero-order chi connectivity index (χ0) is 23.3. The van der Waals surface area contributed by atoms with E-state index >= 15 is 0 Å². The predicted octanol–water partition coefficient (Wildman–Crippen LogP) is 3.94. The molecule has 7 nitrogen and oxygen atoms in total. The van der Waals surface area contributed by atoms with Gasteiger partial charge in [-0.05, 0) is 38.8 Å². The highest BCUT2D eigenvalue weighted by atomic mass is 16.6. The Morgan fingerprint density at radius 3 is 1.81 bits per heavy atom. The van der Waals surface area contributed by atoms with Crippen molar-refractivity contribution in [2.24, 2.45) is 0 Å². The first-order valence-electron chi connectivity index (χ1n) is 11.0. The number of hydroxylamine groups is 2. The molecule has 32 heavy (non-hydrogen) atoms. The number of hydrogen-bond donors (Lipinski definition) is 1. The highest BCUT2D eigenvalue weighted by Gasteiger charge is 2.34. The van der Waals surface area contributed by atoms with Gasteiger partial charge in [0.05, 0.1) is 6.04 Å². The van der Waals surface area contributed by atoms with Crippen LogP contribution in [0.25, 0.3) is 0 Å². The molecule has 1 N–H and O–H groups in total. The normalized spacial score (nSPS) is 16.0. The molecule has 3 rings (SSSR count). The van der Waals surface area contributed by atoms with Crippen LogP contribution in [-0.2, 0) is 9.53 Å². The Bertz CT molecular complexity index is 851. The van der Waals surface area contributed by atoms with Crippen molar-refractivity contribution < 1.29 is 19.5 Å². The van der Waals surface area contributed by atoms with Crippen molar-refractivity contribution in [1.29, 1.82) is 0 Å². The molecule has 2 aromatic carbocycles. The predicted molar refractivity (Wildman–Crippen MR) is 122 cm³/mol. The number of rotatable bonds is 5. The number of ether oxygens (including phenoxy) is 1. The van der Waals surface area contributed by atoms with Gasteiger partial charge in [0.15, 0.2) is 0 Å². The van der Waals surface area contributed by atoms with Gasteiger partial charge in [-0.1, -0.05) is 60.7 Å². The van der Waals surface area contributed by atoms with Crippen molar-refractivity contribution in [1.82, 2.24) is 14.9 Å². The smallest absolute Gasteiger partial charge is 0.435 e. The second-order valence-electron chi connectivity index (χ2n) is 9.09. The minimum Gasteiger partial charge on any atom is -0.442 e. The third kappa shape index (κ3) is 5.87. The molecule has 0 bridgehead atoms. The summed E-state index contributed by atoms with van der Waals surface area (Å²) in [6.45, 7) is 9.04. The van der Waals surface area contributed by atoms with E-state index in [0.717, 1.165) is 0 Å². The largest absolute Gasteiger partial charge is 0.442 e. The second-order valence-corrected chi connectivity index (χ2v) is 9.09. The average Bonchev–Trinajstić information content (AvgIpc) is 2.78. The van der Waals surface area contributed by atoms with E-state index in [1.54, 1.807) is 25.7 Å². The number of hydrogen-bond acceptors (Lipinski definition) is 5. The van der Waals surface area contributed by atoms with Crippen LogP contribution in [-0.4, -0.2) is 69.9 Å². The Morgan fingerprint density at radius 1 is 0.906 bits per heavy atom. The molecule has 1 aliphatic heterocycles. The third-order valence-electron chi connectivity index (χ3n) is 5.53. The van der Waals surface area contributed by atoms with Crippen molar-refractivity contribution in [3.05, 3.63) is 71.8 Å². The fraction of sp³-hybridized carbons (Fsp3) is 0.440. The highest BCUT2D eigenvalue weighted by molar-refractivity contribution is 5.85. The van der Waals surface area contributed by atoms with Crippen molar-refractivity contribution in [2.75, 3.05) is 26.2 Å². The van der Waals surface area contributed by atoms with E-state index in [1.165, 1.54) is 18.1 Å². The van der Waals surface area contributed by atoms with Crippen molar-refractivity contribution in [3.63, 3.8) is 0 Å². The number of benzene rings is 2. The maximum absolute atomic E-state index is 12.9. The summed E-state index contributed by atoms with van der Waals surface area (Å²) in [4.78, 5) is 29.1. The quantitative estimate of drug-likeness (QED) is 0.564. The number of carbonyl (C=O) groups is 2. The molecule has 1 saturated heterocycles. The number of amides is 2. The van der Waals surface area contributed by atoms with Crippen LogP contribution in [0.2, 0.25) is 0 Å². The zero-order valence-electron chi connectivity index (χ0n) is 19.3. The van der Waals surface area contributed by atoms with Crippen LogP contribution in [0, 0.1) is 0 Å². The molecular weight excluding hydrogens is 406 g/mol. The molecule has 0 radical (unpaired) electrons. The molecule has 2 amide bonds. The molecule has 0 aliphatic carbocycles. The molecule has 1 heterocycles. The summed E-state index contributed by atoms with van der Waals surface area (Å²) in [6.07, 6.45) is -0.926. The summed E-state index contributed by atoms with van der Waals surface area (Å²) < 4.78 is 5.16. The maximum Gasteiger partial charge on any atom is 0.435 e. The lowest BCUT2D eigenvalue weighted by atomic mass is 9.96. The van der Waals surface area contributed by atoms with E-state index in [1.807, 2.05) is 36.4 Å². The lowest BCUT2D eigenvalue weighted by molar-refractivity contribution is -0.158. The van der Waals surface area contributed by atoms with Gasteiger partial charge >= 0.3 is 6.09 Å². The van der Waals surface area contributed by atoms with Gasteiger partial charge in [0.25, 0.3) is 0 Å². The Labute approximate surface area is 190 Å². The van der Waals surface area contributed by atoms with E-state index in [4.69, 9.17) is 4.74 Å². The van der Waals surface area contributed by atoms with Crippen LogP contribution < -0.4 is 0 Å². The molecule has 0 unspecified atom stereocenters. The van der Waals surface area contributed by atoms with Gasteiger partial charge in [0.2, 0.25) is 5.91 Å². The van der Waals surface area contributed by atoms with Gasteiger partial charge < -0.3 is 9.64 Å². The molecule has 172 valence electrons. The van der Waals surface area contributed by atoms with Gasteiger partial charge in [0.1, 0.15) is 11.6 Å². The molecular formula is C25H33N3O4. The first-order valence-corrected chi connectivity index (χ1v) is 11.0. The van der Waals surface area contributed by atoms with Crippen LogP contribution in [0.3, 0.4) is 0 Å². The summed E-state index contributed by atoms with van der Waals surface area (Å²) in [5.41, 5.74) is 1.66. The van der Waals surface area contributed by atoms with E-state index < -0.39 is 17.7 Å². The lowest BCUT2D eigenvalue weighted by Crippen LogP contribution is -2.55.